The van der Waals surface area contributed by atoms with Gasteiger partial charge in [0.1, 0.15) is 17.4 Å². The lowest BCUT2D eigenvalue weighted by Crippen LogP contribution is -2.58. The summed E-state index contributed by atoms with van der Waals surface area (Å²) in [5.74, 6) is -0.439. The standard InChI is InChI=1S/C18H20FN3O2S/c19-14-2-1-3-15(10-14)22-13-18(24-12-17(22)23)4-7-21(8-5-18)11-16-20-6-9-25-16/h1-3,6,9-10H,4-5,7-8,11-13H2. The maximum atomic E-state index is 13.5. The van der Waals surface area contributed by atoms with Crippen molar-refractivity contribution >= 4 is 22.9 Å². The van der Waals surface area contributed by atoms with E-state index in [1.807, 2.05) is 11.6 Å². The number of aromatic nitrogens is 1. The first-order chi connectivity index (χ1) is 12.1. The van der Waals surface area contributed by atoms with Gasteiger partial charge in [0.05, 0.1) is 18.7 Å². The van der Waals surface area contributed by atoms with Gasteiger partial charge in [-0.1, -0.05) is 6.07 Å². The number of carbonyl (C=O) groups is 1. The van der Waals surface area contributed by atoms with Gasteiger partial charge >= 0.3 is 0 Å². The van der Waals surface area contributed by atoms with Gasteiger partial charge in [-0.25, -0.2) is 9.37 Å². The molecule has 25 heavy (non-hydrogen) atoms. The summed E-state index contributed by atoms with van der Waals surface area (Å²) in [6, 6.07) is 6.21. The van der Waals surface area contributed by atoms with E-state index >= 15 is 0 Å². The van der Waals surface area contributed by atoms with E-state index in [-0.39, 0.29) is 23.9 Å². The maximum Gasteiger partial charge on any atom is 0.253 e. The fourth-order valence-corrected chi connectivity index (χ4v) is 4.20. The van der Waals surface area contributed by atoms with E-state index in [2.05, 4.69) is 9.88 Å². The van der Waals surface area contributed by atoms with Gasteiger partial charge in [-0.05, 0) is 31.0 Å². The molecular weight excluding hydrogens is 341 g/mol. The van der Waals surface area contributed by atoms with E-state index in [1.54, 1.807) is 28.4 Å². The quantitative estimate of drug-likeness (QED) is 0.843. The highest BCUT2D eigenvalue weighted by Crippen LogP contribution is 2.33. The summed E-state index contributed by atoms with van der Waals surface area (Å²) in [6.07, 6.45) is 3.55. The van der Waals surface area contributed by atoms with Crippen molar-refractivity contribution in [2.45, 2.75) is 25.0 Å². The molecule has 2 fully saturated rings. The van der Waals surface area contributed by atoms with Crippen molar-refractivity contribution in [3.8, 4) is 0 Å². The third kappa shape index (κ3) is 3.58. The molecule has 0 N–H and O–H groups in total. The van der Waals surface area contributed by atoms with Crippen LogP contribution in [0, 0.1) is 5.82 Å². The van der Waals surface area contributed by atoms with Gasteiger partial charge in [0.15, 0.2) is 0 Å². The number of hydrogen-bond acceptors (Lipinski definition) is 5. The molecule has 0 atom stereocenters. The van der Waals surface area contributed by atoms with Gasteiger partial charge in [-0.3, -0.25) is 9.69 Å². The lowest BCUT2D eigenvalue weighted by Gasteiger charge is -2.46. The third-order valence-corrected chi connectivity index (χ3v) is 5.74. The van der Waals surface area contributed by atoms with Crippen LogP contribution >= 0.6 is 11.3 Å². The number of benzene rings is 1. The van der Waals surface area contributed by atoms with E-state index in [9.17, 15) is 9.18 Å². The van der Waals surface area contributed by atoms with Crippen LogP contribution in [0.4, 0.5) is 10.1 Å². The lowest BCUT2D eigenvalue weighted by molar-refractivity contribution is -0.144. The fourth-order valence-electron chi connectivity index (χ4n) is 3.54. The zero-order chi connectivity index (χ0) is 17.3. The molecular formula is C18H20FN3O2S. The zero-order valence-electron chi connectivity index (χ0n) is 13.9. The van der Waals surface area contributed by atoms with Crippen molar-refractivity contribution in [3.63, 3.8) is 0 Å². The molecule has 1 amide bonds. The summed E-state index contributed by atoms with van der Waals surface area (Å²) < 4.78 is 19.5. The van der Waals surface area contributed by atoms with E-state index < -0.39 is 0 Å². The largest absolute Gasteiger partial charge is 0.363 e. The highest BCUT2D eigenvalue weighted by molar-refractivity contribution is 7.09. The van der Waals surface area contributed by atoms with Crippen molar-refractivity contribution in [2.75, 3.05) is 31.1 Å². The van der Waals surface area contributed by atoms with E-state index in [0.717, 1.165) is 37.5 Å². The van der Waals surface area contributed by atoms with Crippen molar-refractivity contribution < 1.29 is 13.9 Å². The molecule has 0 aliphatic carbocycles. The molecule has 1 aromatic carbocycles. The smallest absolute Gasteiger partial charge is 0.253 e. The van der Waals surface area contributed by atoms with Gasteiger partial charge in [-0.2, -0.15) is 0 Å². The molecule has 2 aliphatic rings. The maximum absolute atomic E-state index is 13.5. The number of halogens is 1. The Morgan fingerprint density at radius 2 is 2.16 bits per heavy atom. The van der Waals surface area contributed by atoms with Crippen LogP contribution in [-0.4, -0.2) is 47.6 Å². The number of carbonyl (C=O) groups excluding carboxylic acids is 1. The molecule has 4 rings (SSSR count). The molecule has 5 nitrogen and oxygen atoms in total. The Morgan fingerprint density at radius 1 is 1.32 bits per heavy atom. The molecule has 1 aromatic heterocycles. The van der Waals surface area contributed by atoms with Gasteiger partial charge in [0.2, 0.25) is 0 Å². The predicted octanol–water partition coefficient (Wildman–Crippen LogP) is 2.68. The van der Waals surface area contributed by atoms with Crippen molar-refractivity contribution in [1.29, 1.82) is 0 Å². The summed E-state index contributed by atoms with van der Waals surface area (Å²) >= 11 is 1.67. The summed E-state index contributed by atoms with van der Waals surface area (Å²) in [5.41, 5.74) is 0.275. The minimum absolute atomic E-state index is 0.0585. The molecule has 2 aliphatic heterocycles. The Bertz CT molecular complexity index is 745. The average Bonchev–Trinajstić information content (AvgIpc) is 3.12. The van der Waals surface area contributed by atoms with E-state index in [4.69, 9.17) is 4.74 Å². The van der Waals surface area contributed by atoms with E-state index in [1.165, 1.54) is 12.1 Å². The molecule has 132 valence electrons. The first-order valence-electron chi connectivity index (χ1n) is 8.44. The highest BCUT2D eigenvalue weighted by Gasteiger charge is 2.42. The fraction of sp³-hybridized carbons (Fsp3) is 0.444. The molecule has 0 unspecified atom stereocenters. The number of likely N-dealkylation sites (tertiary alicyclic amines) is 1. The third-order valence-electron chi connectivity index (χ3n) is 4.98. The van der Waals surface area contributed by atoms with E-state index in [0.29, 0.717) is 12.2 Å². The Labute approximate surface area is 150 Å². The van der Waals surface area contributed by atoms with Crippen molar-refractivity contribution in [1.82, 2.24) is 9.88 Å². The number of amides is 1. The van der Waals surface area contributed by atoms with Gasteiger partial charge in [-0.15, -0.1) is 11.3 Å². The highest BCUT2D eigenvalue weighted by atomic mass is 32.1. The van der Waals surface area contributed by atoms with Crippen molar-refractivity contribution in [3.05, 3.63) is 46.7 Å². The topological polar surface area (TPSA) is 45.7 Å². The average molecular weight is 361 g/mol. The number of nitrogens with zero attached hydrogens (tertiary/aromatic N) is 3. The summed E-state index contributed by atoms with van der Waals surface area (Å²) in [5, 5.41) is 3.12. The normalized spacial score (nSPS) is 21.0. The Kier molecular flexibility index (Phi) is 4.54. The first-order valence-corrected chi connectivity index (χ1v) is 9.32. The molecule has 2 aromatic rings. The molecule has 7 heteroatoms. The van der Waals surface area contributed by atoms with Gasteiger partial charge < -0.3 is 9.64 Å². The summed E-state index contributed by atoms with van der Waals surface area (Å²) in [6.45, 7) is 3.22. The molecule has 0 bridgehead atoms. The van der Waals surface area contributed by atoms with Crippen LogP contribution in [0.15, 0.2) is 35.8 Å². The van der Waals surface area contributed by atoms with Crippen molar-refractivity contribution in [2.24, 2.45) is 0 Å². The number of piperidine rings is 1. The Hall–Kier alpha value is -1.83. The van der Waals surface area contributed by atoms with Crippen LogP contribution in [-0.2, 0) is 16.1 Å². The molecule has 1 spiro atoms. The number of ether oxygens (including phenoxy) is 1. The molecule has 0 saturated carbocycles. The second kappa shape index (κ2) is 6.82. The van der Waals surface area contributed by atoms with Crippen LogP contribution < -0.4 is 4.90 Å². The van der Waals surface area contributed by atoms with Gasteiger partial charge in [0, 0.05) is 30.4 Å². The van der Waals surface area contributed by atoms with Crippen LogP contribution in [0.5, 0.6) is 0 Å². The summed E-state index contributed by atoms with van der Waals surface area (Å²) in [7, 11) is 0. The zero-order valence-corrected chi connectivity index (χ0v) is 14.7. The Balaban J connectivity index is 1.43. The molecule has 3 heterocycles. The minimum Gasteiger partial charge on any atom is -0.363 e. The van der Waals surface area contributed by atoms with Crippen LogP contribution in [0.1, 0.15) is 17.8 Å². The first kappa shape index (κ1) is 16.6. The van der Waals surface area contributed by atoms with Crippen LogP contribution in [0.2, 0.25) is 0 Å². The predicted molar refractivity (Wildman–Crippen MR) is 94.1 cm³/mol. The number of anilines is 1. The van der Waals surface area contributed by atoms with Gasteiger partial charge in [0.25, 0.3) is 5.91 Å². The number of morpholine rings is 1. The SMILES string of the molecule is O=C1COC2(CCN(Cc3nccs3)CC2)CN1c1cccc(F)c1. The Morgan fingerprint density at radius 3 is 2.88 bits per heavy atom. The second-order valence-corrected chi connectivity index (χ2v) is 7.61. The number of hydrogen-bond donors (Lipinski definition) is 0. The van der Waals surface area contributed by atoms with Crippen LogP contribution in [0.25, 0.3) is 0 Å². The lowest BCUT2D eigenvalue weighted by atomic mass is 9.89. The van der Waals surface area contributed by atoms with Crippen LogP contribution in [0.3, 0.4) is 0 Å². The number of thiazole rings is 1. The second-order valence-electron chi connectivity index (χ2n) is 6.63. The monoisotopic (exact) mass is 361 g/mol. The molecule has 0 radical (unpaired) electrons. The molecule has 2 saturated heterocycles. The summed E-state index contributed by atoms with van der Waals surface area (Å²) in [4.78, 5) is 20.7. The minimum atomic E-state index is -0.334. The number of rotatable bonds is 3.